The minimum atomic E-state index is -4.76. The SMILES string of the molecule is C=Nn1cc(-c2nc(CNc3cccc(OC(F)(F)F)c3)[nH]c2-c2cccc(C)n2)ccc1=NC. The normalized spacial score (nSPS) is 12.0. The highest BCUT2D eigenvalue weighted by molar-refractivity contribution is 5.76. The van der Waals surface area contributed by atoms with Gasteiger partial charge in [-0.3, -0.25) is 9.98 Å². The van der Waals surface area contributed by atoms with Gasteiger partial charge in [-0.1, -0.05) is 12.1 Å². The van der Waals surface area contributed by atoms with Gasteiger partial charge in [0.2, 0.25) is 0 Å². The van der Waals surface area contributed by atoms with Gasteiger partial charge in [-0.05, 0) is 43.3 Å². The number of nitrogens with zero attached hydrogens (tertiary/aromatic N) is 5. The smallest absolute Gasteiger partial charge is 0.406 e. The molecule has 180 valence electrons. The molecule has 3 heterocycles. The van der Waals surface area contributed by atoms with Crippen molar-refractivity contribution >= 4 is 12.4 Å². The number of nitrogens with one attached hydrogen (secondary N) is 2. The molecule has 11 heteroatoms. The van der Waals surface area contributed by atoms with Crippen LogP contribution in [0.1, 0.15) is 11.5 Å². The van der Waals surface area contributed by atoms with E-state index >= 15 is 0 Å². The number of anilines is 1. The van der Waals surface area contributed by atoms with Gasteiger partial charge in [-0.15, -0.1) is 13.2 Å². The van der Waals surface area contributed by atoms with E-state index in [1.807, 2.05) is 31.2 Å². The molecule has 0 aliphatic rings. The molecule has 0 spiro atoms. The van der Waals surface area contributed by atoms with Crippen molar-refractivity contribution < 1.29 is 17.9 Å². The van der Waals surface area contributed by atoms with Gasteiger partial charge in [0, 0.05) is 43.0 Å². The van der Waals surface area contributed by atoms with E-state index in [1.54, 1.807) is 30.1 Å². The lowest BCUT2D eigenvalue weighted by Crippen LogP contribution is -2.17. The zero-order valence-electron chi connectivity index (χ0n) is 19.0. The first-order chi connectivity index (χ1) is 16.8. The van der Waals surface area contributed by atoms with Gasteiger partial charge in [0.05, 0.1) is 23.6 Å². The fourth-order valence-corrected chi connectivity index (χ4v) is 3.48. The van der Waals surface area contributed by atoms with Crippen LogP contribution in [-0.2, 0) is 6.54 Å². The molecule has 4 aromatic rings. The summed E-state index contributed by atoms with van der Waals surface area (Å²) in [4.78, 5) is 16.8. The van der Waals surface area contributed by atoms with Crippen LogP contribution in [0.25, 0.3) is 22.6 Å². The molecule has 1 aromatic carbocycles. The summed E-state index contributed by atoms with van der Waals surface area (Å²) in [6, 6.07) is 15.0. The van der Waals surface area contributed by atoms with Crippen LogP contribution in [0, 0.1) is 6.92 Å². The minimum Gasteiger partial charge on any atom is -0.406 e. The van der Waals surface area contributed by atoms with Gasteiger partial charge in [-0.2, -0.15) is 5.10 Å². The van der Waals surface area contributed by atoms with Gasteiger partial charge in [-0.25, -0.2) is 9.66 Å². The van der Waals surface area contributed by atoms with Crippen LogP contribution in [0.15, 0.2) is 70.9 Å². The fourth-order valence-electron chi connectivity index (χ4n) is 3.48. The van der Waals surface area contributed by atoms with E-state index in [0.717, 1.165) is 11.3 Å². The van der Waals surface area contributed by atoms with Gasteiger partial charge in [0.1, 0.15) is 17.1 Å². The molecule has 0 radical (unpaired) electrons. The van der Waals surface area contributed by atoms with Crippen molar-refractivity contribution in [3.8, 4) is 28.4 Å². The molecule has 0 atom stereocenters. The Kier molecular flexibility index (Phi) is 6.67. The second-order valence-electron chi connectivity index (χ2n) is 7.49. The summed E-state index contributed by atoms with van der Waals surface area (Å²) in [6.45, 7) is 5.70. The average Bonchev–Trinajstić information content (AvgIpc) is 3.26. The van der Waals surface area contributed by atoms with Gasteiger partial charge in [0.25, 0.3) is 0 Å². The van der Waals surface area contributed by atoms with Gasteiger partial charge in [0.15, 0.2) is 0 Å². The molecular formula is C24H22F3N7O. The fraction of sp³-hybridized carbons (Fsp3) is 0.167. The summed E-state index contributed by atoms with van der Waals surface area (Å²) in [5.74, 6) is 0.248. The van der Waals surface area contributed by atoms with E-state index in [4.69, 9.17) is 4.98 Å². The Balaban J connectivity index is 1.68. The van der Waals surface area contributed by atoms with E-state index in [1.165, 1.54) is 18.2 Å². The second-order valence-corrected chi connectivity index (χ2v) is 7.49. The first kappa shape index (κ1) is 23.7. The number of imidazole rings is 1. The van der Waals surface area contributed by atoms with E-state index in [9.17, 15) is 13.2 Å². The molecule has 2 N–H and O–H groups in total. The molecule has 0 bridgehead atoms. The molecule has 0 aliphatic carbocycles. The van der Waals surface area contributed by atoms with E-state index in [2.05, 4.69) is 36.8 Å². The number of alkyl halides is 3. The number of aryl methyl sites for hydroxylation is 1. The topological polar surface area (TPSA) is 92.5 Å². The molecule has 0 saturated heterocycles. The number of benzene rings is 1. The standard InChI is InChI=1S/C24H22F3N7O/c1-15-6-4-9-19(31-15)23-22(16-10-11-21(28-2)34(14-16)29-3)32-20(33-23)13-30-17-7-5-8-18(12-17)35-24(25,26)27/h4-12,14,30H,3,13H2,1-2H3,(H,32,33). The Morgan fingerprint density at radius 2 is 1.91 bits per heavy atom. The maximum Gasteiger partial charge on any atom is 0.573 e. The van der Waals surface area contributed by atoms with Crippen molar-refractivity contribution in [1.82, 2.24) is 19.6 Å². The summed E-state index contributed by atoms with van der Waals surface area (Å²) in [6.07, 6.45) is -3.00. The lowest BCUT2D eigenvalue weighted by Gasteiger charge is -2.10. The monoisotopic (exact) mass is 481 g/mol. The first-order valence-electron chi connectivity index (χ1n) is 10.5. The van der Waals surface area contributed by atoms with E-state index < -0.39 is 6.36 Å². The number of aromatic nitrogens is 4. The average molecular weight is 481 g/mol. The third-order valence-electron chi connectivity index (χ3n) is 4.99. The number of hydrogen-bond donors (Lipinski definition) is 2. The third-order valence-corrected chi connectivity index (χ3v) is 4.99. The number of pyridine rings is 2. The van der Waals surface area contributed by atoms with Crippen molar-refractivity contribution in [3.63, 3.8) is 0 Å². The second kappa shape index (κ2) is 9.84. The molecule has 0 unspecified atom stereocenters. The minimum absolute atomic E-state index is 0.219. The van der Waals surface area contributed by atoms with Crippen molar-refractivity contribution in [3.05, 3.63) is 77.8 Å². The molecule has 35 heavy (non-hydrogen) atoms. The Morgan fingerprint density at radius 3 is 2.63 bits per heavy atom. The summed E-state index contributed by atoms with van der Waals surface area (Å²) < 4.78 is 43.2. The van der Waals surface area contributed by atoms with Crippen LogP contribution in [-0.4, -0.2) is 39.8 Å². The summed E-state index contributed by atoms with van der Waals surface area (Å²) >= 11 is 0. The van der Waals surface area contributed by atoms with E-state index in [-0.39, 0.29) is 12.3 Å². The molecule has 0 fully saturated rings. The molecule has 0 amide bonds. The number of rotatable bonds is 7. The van der Waals surface area contributed by atoms with Crippen molar-refractivity contribution in [1.29, 1.82) is 0 Å². The summed E-state index contributed by atoms with van der Waals surface area (Å²) in [7, 11) is 1.66. The zero-order valence-corrected chi connectivity index (χ0v) is 19.0. The van der Waals surface area contributed by atoms with Gasteiger partial charge < -0.3 is 15.0 Å². The lowest BCUT2D eigenvalue weighted by atomic mass is 10.1. The van der Waals surface area contributed by atoms with Gasteiger partial charge >= 0.3 is 6.36 Å². The number of H-pyrrole nitrogens is 1. The number of halogens is 3. The van der Waals surface area contributed by atoms with E-state index in [0.29, 0.717) is 34.1 Å². The molecule has 0 saturated carbocycles. The predicted octanol–water partition coefficient (Wildman–Crippen LogP) is 4.75. The number of aromatic amines is 1. The molecular weight excluding hydrogens is 459 g/mol. The quantitative estimate of drug-likeness (QED) is 0.373. The molecule has 0 aliphatic heterocycles. The predicted molar refractivity (Wildman–Crippen MR) is 127 cm³/mol. The van der Waals surface area contributed by atoms with Crippen molar-refractivity contribution in [2.75, 3.05) is 12.4 Å². The Hall–Kier alpha value is -4.41. The highest BCUT2D eigenvalue weighted by atomic mass is 19.4. The Bertz CT molecular complexity index is 1420. The number of hydrogen-bond acceptors (Lipinski definition) is 6. The Morgan fingerprint density at radius 1 is 1.11 bits per heavy atom. The summed E-state index contributed by atoms with van der Waals surface area (Å²) in [5.41, 5.74) is 4.69. The number of ether oxygens (including phenoxy) is 1. The maximum atomic E-state index is 12.5. The third kappa shape index (κ3) is 5.75. The molecule has 4 rings (SSSR count). The first-order valence-corrected chi connectivity index (χ1v) is 10.5. The largest absolute Gasteiger partial charge is 0.573 e. The summed E-state index contributed by atoms with van der Waals surface area (Å²) in [5, 5.41) is 7.05. The van der Waals surface area contributed by atoms with Crippen LogP contribution >= 0.6 is 0 Å². The van der Waals surface area contributed by atoms with Crippen molar-refractivity contribution in [2.45, 2.75) is 19.8 Å². The maximum absolute atomic E-state index is 12.5. The lowest BCUT2D eigenvalue weighted by molar-refractivity contribution is -0.274. The molecule has 8 nitrogen and oxygen atoms in total. The molecule has 3 aromatic heterocycles. The highest BCUT2D eigenvalue weighted by Gasteiger charge is 2.31. The highest BCUT2D eigenvalue weighted by Crippen LogP contribution is 2.30. The zero-order chi connectivity index (χ0) is 25.0. The van der Waals surface area contributed by atoms with Crippen LogP contribution in [0.5, 0.6) is 5.75 Å². The van der Waals surface area contributed by atoms with Crippen molar-refractivity contribution in [2.24, 2.45) is 10.1 Å². The van der Waals surface area contributed by atoms with Crippen LogP contribution in [0.2, 0.25) is 0 Å². The Labute approximate surface area is 198 Å². The van der Waals surface area contributed by atoms with Crippen LogP contribution in [0.4, 0.5) is 18.9 Å². The van der Waals surface area contributed by atoms with Crippen LogP contribution in [0.3, 0.4) is 0 Å². The van der Waals surface area contributed by atoms with Crippen LogP contribution < -0.4 is 15.5 Å².